The van der Waals surface area contributed by atoms with Gasteiger partial charge in [0.25, 0.3) is 15.9 Å². The molecule has 1 heterocycles. The first-order valence-corrected chi connectivity index (χ1v) is 9.16. The van der Waals surface area contributed by atoms with E-state index >= 15 is 0 Å². The number of nitrogens with one attached hydrogen (secondary N) is 1. The highest BCUT2D eigenvalue weighted by Crippen LogP contribution is 2.25. The van der Waals surface area contributed by atoms with Gasteiger partial charge in [-0.25, -0.2) is 8.42 Å². The van der Waals surface area contributed by atoms with Crippen LogP contribution in [-0.2, 0) is 17.1 Å². The van der Waals surface area contributed by atoms with Crippen LogP contribution in [0, 0.1) is 6.92 Å². The molecular weight excluding hydrogens is 344 g/mol. The van der Waals surface area contributed by atoms with Gasteiger partial charge in [0.2, 0.25) is 0 Å². The fraction of sp³-hybridized carbons (Fsp3) is 0.375. The van der Waals surface area contributed by atoms with Crippen LogP contribution in [0.5, 0.6) is 5.75 Å². The van der Waals surface area contributed by atoms with Gasteiger partial charge in [-0.05, 0) is 38.1 Å². The van der Waals surface area contributed by atoms with Crippen LogP contribution in [0.1, 0.15) is 23.1 Å². The van der Waals surface area contributed by atoms with Gasteiger partial charge >= 0.3 is 0 Å². The van der Waals surface area contributed by atoms with E-state index in [4.69, 9.17) is 4.74 Å². The van der Waals surface area contributed by atoms with Gasteiger partial charge in [0, 0.05) is 21.1 Å². The van der Waals surface area contributed by atoms with Crippen molar-refractivity contribution in [2.45, 2.75) is 18.7 Å². The summed E-state index contributed by atoms with van der Waals surface area (Å²) in [4.78, 5) is 13.7. The van der Waals surface area contributed by atoms with Gasteiger partial charge in [0.15, 0.2) is 5.69 Å². The Morgan fingerprint density at radius 2 is 1.88 bits per heavy atom. The first kappa shape index (κ1) is 18.8. The van der Waals surface area contributed by atoms with E-state index in [1.54, 1.807) is 40.2 Å². The van der Waals surface area contributed by atoms with E-state index in [2.05, 4.69) is 9.82 Å². The number of nitrogens with zero attached hydrogens (tertiary/aromatic N) is 3. The quantitative estimate of drug-likeness (QED) is 0.839. The third kappa shape index (κ3) is 3.93. The highest BCUT2D eigenvalue weighted by atomic mass is 32.2. The third-order valence-electron chi connectivity index (χ3n) is 3.62. The molecule has 1 N–H and O–H groups in total. The molecule has 2 rings (SSSR count). The van der Waals surface area contributed by atoms with E-state index in [1.165, 1.54) is 21.7 Å². The zero-order valence-electron chi connectivity index (χ0n) is 14.9. The number of hydrogen-bond donors (Lipinski definition) is 1. The molecule has 9 heteroatoms. The van der Waals surface area contributed by atoms with Crippen molar-refractivity contribution in [3.05, 3.63) is 35.7 Å². The van der Waals surface area contributed by atoms with E-state index in [-0.39, 0.29) is 22.2 Å². The maximum Gasteiger partial charge on any atom is 0.276 e. The van der Waals surface area contributed by atoms with Gasteiger partial charge in [-0.15, -0.1) is 0 Å². The van der Waals surface area contributed by atoms with Crippen molar-refractivity contribution in [3.8, 4) is 5.75 Å². The Morgan fingerprint density at radius 3 is 2.40 bits per heavy atom. The molecule has 0 fully saturated rings. The fourth-order valence-electron chi connectivity index (χ4n) is 2.17. The maximum absolute atomic E-state index is 12.7. The Morgan fingerprint density at radius 1 is 1.28 bits per heavy atom. The molecule has 0 aliphatic carbocycles. The topological polar surface area (TPSA) is 93.5 Å². The summed E-state index contributed by atoms with van der Waals surface area (Å²) < 4.78 is 34.6. The van der Waals surface area contributed by atoms with Crippen LogP contribution >= 0.6 is 0 Å². The summed E-state index contributed by atoms with van der Waals surface area (Å²) in [7, 11) is 0.945. The molecule has 2 aromatic rings. The minimum atomic E-state index is -3.87. The van der Waals surface area contributed by atoms with Crippen LogP contribution in [0.4, 0.5) is 5.69 Å². The SMILES string of the molecule is CCOc1ccc(S(=O)(=O)Nc2c(C(=O)N(C)C)nn(C)c2C)cc1. The number of carbonyl (C=O) groups is 1. The number of aryl methyl sites for hydroxylation is 1. The van der Waals surface area contributed by atoms with E-state index in [9.17, 15) is 13.2 Å². The molecule has 0 unspecified atom stereocenters. The highest BCUT2D eigenvalue weighted by molar-refractivity contribution is 7.92. The zero-order chi connectivity index (χ0) is 18.8. The van der Waals surface area contributed by atoms with Crippen LogP contribution in [0.3, 0.4) is 0 Å². The normalized spacial score (nSPS) is 11.2. The molecule has 8 nitrogen and oxygen atoms in total. The predicted molar refractivity (Wildman–Crippen MR) is 94.4 cm³/mol. The number of hydrogen-bond acceptors (Lipinski definition) is 5. The van der Waals surface area contributed by atoms with E-state index in [0.717, 1.165) is 0 Å². The molecule has 0 bridgehead atoms. The number of sulfonamides is 1. The van der Waals surface area contributed by atoms with Crippen molar-refractivity contribution in [1.29, 1.82) is 0 Å². The zero-order valence-corrected chi connectivity index (χ0v) is 15.7. The number of ether oxygens (including phenoxy) is 1. The van der Waals surface area contributed by atoms with Crippen molar-refractivity contribution in [2.75, 3.05) is 25.4 Å². The molecule has 1 aromatic heterocycles. The molecule has 0 atom stereocenters. The summed E-state index contributed by atoms with van der Waals surface area (Å²) in [6.45, 7) is 4.03. The predicted octanol–water partition coefficient (Wildman–Crippen LogP) is 1.63. The molecule has 1 aromatic carbocycles. The molecule has 0 saturated carbocycles. The standard InChI is InChI=1S/C16H22N4O4S/c1-6-24-12-7-9-13(10-8-12)25(22,23)18-14-11(2)20(5)17-15(14)16(21)19(3)4/h7-10,18H,6H2,1-5H3. The molecular formula is C16H22N4O4S. The van der Waals surface area contributed by atoms with Gasteiger partial charge in [-0.1, -0.05) is 0 Å². The van der Waals surface area contributed by atoms with Crippen molar-refractivity contribution in [2.24, 2.45) is 7.05 Å². The lowest BCUT2D eigenvalue weighted by Gasteiger charge is -2.12. The first-order valence-electron chi connectivity index (χ1n) is 7.68. The van der Waals surface area contributed by atoms with E-state index in [1.807, 2.05) is 6.92 Å². The third-order valence-corrected chi connectivity index (χ3v) is 4.99. The average molecular weight is 366 g/mol. The second-order valence-electron chi connectivity index (χ2n) is 5.64. The van der Waals surface area contributed by atoms with Crippen LogP contribution in [-0.4, -0.2) is 49.7 Å². The lowest BCUT2D eigenvalue weighted by Crippen LogP contribution is -2.24. The van der Waals surface area contributed by atoms with Crippen LogP contribution < -0.4 is 9.46 Å². The smallest absolute Gasteiger partial charge is 0.276 e. The Bertz CT molecular complexity index is 870. The largest absolute Gasteiger partial charge is 0.494 e. The number of benzene rings is 1. The molecule has 1 amide bonds. The van der Waals surface area contributed by atoms with Crippen LogP contribution in [0.2, 0.25) is 0 Å². The summed E-state index contributed by atoms with van der Waals surface area (Å²) >= 11 is 0. The number of aromatic nitrogens is 2. The minimum Gasteiger partial charge on any atom is -0.494 e. The molecule has 0 radical (unpaired) electrons. The lowest BCUT2D eigenvalue weighted by atomic mass is 10.3. The Labute approximate surface area is 147 Å². The van der Waals surface area contributed by atoms with Crippen molar-refractivity contribution in [1.82, 2.24) is 14.7 Å². The van der Waals surface area contributed by atoms with Gasteiger partial charge in [0.05, 0.1) is 17.2 Å². The molecule has 0 spiro atoms. The summed E-state index contributed by atoms with van der Waals surface area (Å²) in [5.41, 5.74) is 0.773. The number of rotatable bonds is 6. The number of anilines is 1. The maximum atomic E-state index is 12.7. The highest BCUT2D eigenvalue weighted by Gasteiger charge is 2.25. The number of amides is 1. The van der Waals surface area contributed by atoms with Crippen LogP contribution in [0.25, 0.3) is 0 Å². The fourth-order valence-corrected chi connectivity index (χ4v) is 3.29. The Balaban J connectivity index is 2.39. The lowest BCUT2D eigenvalue weighted by molar-refractivity contribution is 0.0822. The van der Waals surface area contributed by atoms with E-state index in [0.29, 0.717) is 18.1 Å². The first-order chi connectivity index (χ1) is 11.7. The second kappa shape index (κ2) is 7.14. The summed E-state index contributed by atoms with van der Waals surface area (Å²) in [6.07, 6.45) is 0. The Hall–Kier alpha value is -2.55. The molecule has 0 aliphatic rings. The summed E-state index contributed by atoms with van der Waals surface area (Å²) in [5, 5.41) is 4.13. The average Bonchev–Trinajstić information content (AvgIpc) is 2.83. The van der Waals surface area contributed by atoms with Crippen LogP contribution in [0.15, 0.2) is 29.2 Å². The van der Waals surface area contributed by atoms with Gasteiger partial charge in [0.1, 0.15) is 11.4 Å². The summed E-state index contributed by atoms with van der Waals surface area (Å²) in [5.74, 6) is 0.204. The van der Waals surface area contributed by atoms with Gasteiger partial charge < -0.3 is 9.64 Å². The molecule has 0 aliphatic heterocycles. The minimum absolute atomic E-state index is 0.0551. The summed E-state index contributed by atoms with van der Waals surface area (Å²) in [6, 6.07) is 6.07. The van der Waals surface area contributed by atoms with Crippen molar-refractivity contribution in [3.63, 3.8) is 0 Å². The second-order valence-corrected chi connectivity index (χ2v) is 7.32. The van der Waals surface area contributed by atoms with Gasteiger partial charge in [-0.2, -0.15) is 5.10 Å². The van der Waals surface area contributed by atoms with Gasteiger partial charge in [-0.3, -0.25) is 14.2 Å². The van der Waals surface area contributed by atoms with Crippen molar-refractivity contribution < 1.29 is 17.9 Å². The Kier molecular flexibility index (Phi) is 5.36. The van der Waals surface area contributed by atoms with E-state index < -0.39 is 10.0 Å². The number of carbonyl (C=O) groups excluding carboxylic acids is 1. The van der Waals surface area contributed by atoms with Crippen molar-refractivity contribution >= 4 is 21.6 Å². The molecule has 136 valence electrons. The monoisotopic (exact) mass is 366 g/mol. The molecule has 25 heavy (non-hydrogen) atoms. The molecule has 0 saturated heterocycles.